The molecular formula is C16H22N2O. The van der Waals surface area contributed by atoms with Crippen LogP contribution in [0.25, 0.3) is 5.69 Å². The molecule has 0 aliphatic rings. The fourth-order valence-corrected chi connectivity index (χ4v) is 2.74. The van der Waals surface area contributed by atoms with E-state index >= 15 is 0 Å². The van der Waals surface area contributed by atoms with Crippen molar-refractivity contribution in [3.8, 4) is 5.69 Å². The van der Waals surface area contributed by atoms with Gasteiger partial charge in [-0.15, -0.1) is 0 Å². The van der Waals surface area contributed by atoms with E-state index in [-0.39, 0.29) is 0 Å². The van der Waals surface area contributed by atoms with Crippen molar-refractivity contribution in [1.82, 2.24) is 9.78 Å². The molecule has 0 radical (unpaired) electrons. The minimum Gasteiger partial charge on any atom is -0.386 e. The molecule has 19 heavy (non-hydrogen) atoms. The fraction of sp³-hybridized carbons (Fsp3) is 0.438. The average Bonchev–Trinajstić information content (AvgIpc) is 2.58. The second-order valence-electron chi connectivity index (χ2n) is 5.86. The maximum absolute atomic E-state index is 10.2. The Balaban J connectivity index is 2.65. The van der Waals surface area contributed by atoms with Gasteiger partial charge in [0.05, 0.1) is 17.5 Å². The number of aromatic nitrogens is 2. The second-order valence-corrected chi connectivity index (χ2v) is 5.86. The lowest BCUT2D eigenvalue weighted by molar-refractivity contribution is 0.0779. The lowest BCUT2D eigenvalue weighted by Gasteiger charge is -2.18. The zero-order valence-electron chi connectivity index (χ0n) is 12.6. The van der Waals surface area contributed by atoms with Gasteiger partial charge in [-0.05, 0) is 52.7 Å². The van der Waals surface area contributed by atoms with Crippen LogP contribution in [-0.4, -0.2) is 14.9 Å². The molecule has 1 aromatic carbocycles. The van der Waals surface area contributed by atoms with E-state index in [1.165, 1.54) is 16.7 Å². The number of nitrogens with zero attached hydrogens (tertiary/aromatic N) is 2. The van der Waals surface area contributed by atoms with Crippen molar-refractivity contribution in [3.05, 3.63) is 46.3 Å². The van der Waals surface area contributed by atoms with Crippen LogP contribution in [0.1, 0.15) is 41.8 Å². The van der Waals surface area contributed by atoms with E-state index in [2.05, 4.69) is 38.0 Å². The minimum absolute atomic E-state index is 0.866. The summed E-state index contributed by atoms with van der Waals surface area (Å²) in [5.74, 6) is 0. The van der Waals surface area contributed by atoms with Crippen LogP contribution in [0.4, 0.5) is 0 Å². The predicted octanol–water partition coefficient (Wildman–Crippen LogP) is 3.33. The standard InChI is InChI=1S/C16H22N2O/c1-10-7-11(2)15(12(3)8-10)18-13(4)14(9-17-18)16(5,6)19/h7-9,19H,1-6H3. The predicted molar refractivity (Wildman–Crippen MR) is 77.8 cm³/mol. The Morgan fingerprint density at radius 3 is 2.00 bits per heavy atom. The summed E-state index contributed by atoms with van der Waals surface area (Å²) in [7, 11) is 0. The van der Waals surface area contributed by atoms with Gasteiger partial charge in [0.15, 0.2) is 0 Å². The van der Waals surface area contributed by atoms with E-state index in [9.17, 15) is 5.11 Å². The van der Waals surface area contributed by atoms with E-state index in [1.54, 1.807) is 20.0 Å². The summed E-state index contributed by atoms with van der Waals surface area (Å²) in [6.45, 7) is 11.9. The lowest BCUT2D eigenvalue weighted by atomic mass is 9.99. The smallest absolute Gasteiger partial charge is 0.0873 e. The van der Waals surface area contributed by atoms with Crippen LogP contribution >= 0.6 is 0 Å². The lowest BCUT2D eigenvalue weighted by Crippen LogP contribution is -2.16. The van der Waals surface area contributed by atoms with Crippen LogP contribution in [0.15, 0.2) is 18.3 Å². The van der Waals surface area contributed by atoms with Gasteiger partial charge in [0.25, 0.3) is 0 Å². The highest BCUT2D eigenvalue weighted by molar-refractivity contribution is 5.50. The fourth-order valence-electron chi connectivity index (χ4n) is 2.74. The Kier molecular flexibility index (Phi) is 3.27. The molecule has 3 heteroatoms. The van der Waals surface area contributed by atoms with Crippen molar-refractivity contribution in [2.24, 2.45) is 0 Å². The maximum atomic E-state index is 10.2. The van der Waals surface area contributed by atoms with Gasteiger partial charge in [0.2, 0.25) is 0 Å². The van der Waals surface area contributed by atoms with Crippen molar-refractivity contribution in [2.75, 3.05) is 0 Å². The Hall–Kier alpha value is -1.61. The highest BCUT2D eigenvalue weighted by atomic mass is 16.3. The van der Waals surface area contributed by atoms with Crippen LogP contribution in [0.3, 0.4) is 0 Å². The summed E-state index contributed by atoms with van der Waals surface area (Å²) in [6.07, 6.45) is 1.76. The first-order valence-electron chi connectivity index (χ1n) is 6.57. The molecule has 0 aliphatic carbocycles. The van der Waals surface area contributed by atoms with E-state index in [1.807, 2.05) is 11.6 Å². The van der Waals surface area contributed by atoms with Gasteiger partial charge >= 0.3 is 0 Å². The van der Waals surface area contributed by atoms with E-state index in [0.29, 0.717) is 0 Å². The van der Waals surface area contributed by atoms with Crippen molar-refractivity contribution < 1.29 is 5.11 Å². The highest BCUT2D eigenvalue weighted by Crippen LogP contribution is 2.27. The SMILES string of the molecule is Cc1cc(C)c(-n2ncc(C(C)(C)O)c2C)c(C)c1. The molecule has 0 aliphatic heterocycles. The third-order valence-electron chi connectivity index (χ3n) is 3.52. The maximum Gasteiger partial charge on any atom is 0.0873 e. The molecule has 2 aromatic rings. The van der Waals surface area contributed by atoms with Crippen LogP contribution < -0.4 is 0 Å². The first-order valence-corrected chi connectivity index (χ1v) is 6.57. The minimum atomic E-state index is -0.866. The first-order chi connectivity index (χ1) is 8.71. The Morgan fingerprint density at radius 2 is 1.58 bits per heavy atom. The monoisotopic (exact) mass is 258 g/mol. The van der Waals surface area contributed by atoms with Gasteiger partial charge < -0.3 is 5.11 Å². The van der Waals surface area contributed by atoms with Crippen LogP contribution in [0.2, 0.25) is 0 Å². The Bertz CT molecular complexity index is 595. The third kappa shape index (κ3) is 2.43. The summed E-state index contributed by atoms with van der Waals surface area (Å²) in [5.41, 5.74) is 5.76. The molecule has 0 spiro atoms. The molecule has 0 atom stereocenters. The Labute approximate surface area is 114 Å². The van der Waals surface area contributed by atoms with E-state index in [0.717, 1.165) is 16.9 Å². The number of rotatable bonds is 2. The van der Waals surface area contributed by atoms with E-state index < -0.39 is 5.60 Å². The summed E-state index contributed by atoms with van der Waals surface area (Å²) in [5, 5.41) is 14.6. The summed E-state index contributed by atoms with van der Waals surface area (Å²) in [4.78, 5) is 0. The zero-order chi connectivity index (χ0) is 14.4. The summed E-state index contributed by atoms with van der Waals surface area (Å²) < 4.78 is 1.93. The number of benzene rings is 1. The van der Waals surface area contributed by atoms with Gasteiger partial charge in [-0.2, -0.15) is 5.10 Å². The number of hydrogen-bond acceptors (Lipinski definition) is 2. The van der Waals surface area contributed by atoms with Crippen molar-refractivity contribution in [2.45, 2.75) is 47.1 Å². The molecule has 1 N–H and O–H groups in total. The molecule has 1 heterocycles. The quantitative estimate of drug-likeness (QED) is 0.897. The molecule has 0 saturated heterocycles. The van der Waals surface area contributed by atoms with Crippen molar-refractivity contribution in [1.29, 1.82) is 0 Å². The second kappa shape index (κ2) is 4.49. The highest BCUT2D eigenvalue weighted by Gasteiger charge is 2.23. The topological polar surface area (TPSA) is 38.0 Å². The molecule has 1 aromatic heterocycles. The van der Waals surface area contributed by atoms with Crippen LogP contribution in [-0.2, 0) is 5.60 Å². The average molecular weight is 258 g/mol. The summed E-state index contributed by atoms with van der Waals surface area (Å²) >= 11 is 0. The van der Waals surface area contributed by atoms with Crippen molar-refractivity contribution in [3.63, 3.8) is 0 Å². The number of aryl methyl sites for hydroxylation is 3. The van der Waals surface area contributed by atoms with Gasteiger partial charge in [-0.1, -0.05) is 17.7 Å². The van der Waals surface area contributed by atoms with Gasteiger partial charge in [-0.25, -0.2) is 4.68 Å². The number of aliphatic hydroxyl groups is 1. The Morgan fingerprint density at radius 1 is 1.05 bits per heavy atom. The molecule has 0 amide bonds. The normalized spacial score (nSPS) is 11.9. The molecule has 0 unspecified atom stereocenters. The first kappa shape index (κ1) is 13.8. The molecule has 2 rings (SSSR count). The largest absolute Gasteiger partial charge is 0.386 e. The molecule has 102 valence electrons. The number of hydrogen-bond donors (Lipinski definition) is 1. The molecule has 0 fully saturated rings. The molecule has 0 bridgehead atoms. The van der Waals surface area contributed by atoms with Gasteiger partial charge in [0, 0.05) is 11.3 Å². The molecule has 3 nitrogen and oxygen atoms in total. The third-order valence-corrected chi connectivity index (χ3v) is 3.52. The van der Waals surface area contributed by atoms with Crippen molar-refractivity contribution >= 4 is 0 Å². The summed E-state index contributed by atoms with van der Waals surface area (Å²) in [6, 6.07) is 4.32. The van der Waals surface area contributed by atoms with E-state index in [4.69, 9.17) is 0 Å². The van der Waals surface area contributed by atoms with Gasteiger partial charge in [-0.3, -0.25) is 0 Å². The zero-order valence-corrected chi connectivity index (χ0v) is 12.6. The van der Waals surface area contributed by atoms with Gasteiger partial charge in [0.1, 0.15) is 0 Å². The molecule has 0 saturated carbocycles. The van der Waals surface area contributed by atoms with Crippen LogP contribution in [0, 0.1) is 27.7 Å². The molecular weight excluding hydrogens is 236 g/mol. The van der Waals surface area contributed by atoms with Crippen LogP contribution in [0.5, 0.6) is 0 Å².